The van der Waals surface area contributed by atoms with Gasteiger partial charge in [0, 0.05) is 51.0 Å². The SMILES string of the molecule is O=C(Cn1cnnn1)N1CCC[C@H](N2CCN(c3cccc(C(F)(F)F)c3)CC2)C1. The molecule has 0 radical (unpaired) electrons. The van der Waals surface area contributed by atoms with Crippen molar-refractivity contribution in [3.63, 3.8) is 0 Å². The van der Waals surface area contributed by atoms with E-state index in [1.807, 2.05) is 9.80 Å². The number of anilines is 1. The lowest BCUT2D eigenvalue weighted by Gasteiger charge is -2.44. The summed E-state index contributed by atoms with van der Waals surface area (Å²) in [5.74, 6) is -0.00500. The standard InChI is InChI=1S/C19H24F3N7O/c20-19(21,22)15-3-1-4-16(11-15)26-7-9-27(10-8-26)17-5-2-6-28(12-17)18(30)13-29-14-23-24-25-29/h1,3-4,11,14,17H,2,5-10,12-13H2/t17-/m0/s1. The Morgan fingerprint density at radius 1 is 1.13 bits per heavy atom. The molecule has 0 saturated carbocycles. The van der Waals surface area contributed by atoms with Crippen molar-refractivity contribution in [1.82, 2.24) is 30.0 Å². The van der Waals surface area contributed by atoms with E-state index in [2.05, 4.69) is 20.4 Å². The van der Waals surface area contributed by atoms with Crippen LogP contribution in [0.3, 0.4) is 0 Å². The van der Waals surface area contributed by atoms with Gasteiger partial charge >= 0.3 is 6.18 Å². The minimum Gasteiger partial charge on any atom is -0.369 e. The minimum atomic E-state index is -4.34. The van der Waals surface area contributed by atoms with E-state index in [1.54, 1.807) is 6.07 Å². The number of piperidine rings is 1. The minimum absolute atomic E-state index is 0.00500. The Kier molecular flexibility index (Phi) is 5.89. The number of nitrogens with zero attached hydrogens (tertiary/aromatic N) is 7. The second-order valence-corrected chi connectivity index (χ2v) is 7.71. The van der Waals surface area contributed by atoms with Crippen LogP contribution in [0, 0.1) is 0 Å². The molecular weight excluding hydrogens is 399 g/mol. The van der Waals surface area contributed by atoms with Crippen molar-refractivity contribution < 1.29 is 18.0 Å². The van der Waals surface area contributed by atoms with Crippen LogP contribution in [0.2, 0.25) is 0 Å². The van der Waals surface area contributed by atoms with Gasteiger partial charge in [0.15, 0.2) is 0 Å². The molecule has 0 unspecified atom stereocenters. The molecule has 2 aromatic rings. The zero-order valence-corrected chi connectivity index (χ0v) is 16.5. The maximum absolute atomic E-state index is 13.0. The highest BCUT2D eigenvalue weighted by atomic mass is 19.4. The van der Waals surface area contributed by atoms with Crippen LogP contribution in [0.15, 0.2) is 30.6 Å². The topological polar surface area (TPSA) is 70.4 Å². The zero-order chi connectivity index (χ0) is 21.1. The molecule has 8 nitrogen and oxygen atoms in total. The Labute approximate surface area is 172 Å². The first-order valence-electron chi connectivity index (χ1n) is 10.0. The van der Waals surface area contributed by atoms with Crippen LogP contribution in [0.1, 0.15) is 18.4 Å². The summed E-state index contributed by atoms with van der Waals surface area (Å²) in [6.07, 6.45) is -0.970. The van der Waals surface area contributed by atoms with Gasteiger partial charge in [-0.05, 0) is 41.5 Å². The van der Waals surface area contributed by atoms with Crippen molar-refractivity contribution in [2.75, 3.05) is 44.2 Å². The van der Waals surface area contributed by atoms with Crippen LogP contribution in [0.25, 0.3) is 0 Å². The van der Waals surface area contributed by atoms with Gasteiger partial charge in [-0.25, -0.2) is 4.68 Å². The van der Waals surface area contributed by atoms with E-state index in [9.17, 15) is 18.0 Å². The molecule has 30 heavy (non-hydrogen) atoms. The number of benzene rings is 1. The summed E-state index contributed by atoms with van der Waals surface area (Å²) < 4.78 is 40.4. The number of alkyl halides is 3. The third kappa shape index (κ3) is 4.72. The van der Waals surface area contributed by atoms with Gasteiger partial charge in [0.25, 0.3) is 0 Å². The van der Waals surface area contributed by atoms with Gasteiger partial charge in [0.1, 0.15) is 12.9 Å². The van der Waals surface area contributed by atoms with E-state index in [0.717, 1.165) is 38.5 Å². The summed E-state index contributed by atoms with van der Waals surface area (Å²) in [7, 11) is 0. The number of rotatable bonds is 4. The lowest BCUT2D eigenvalue weighted by Crippen LogP contribution is -2.56. The first kappa shape index (κ1) is 20.6. The highest BCUT2D eigenvalue weighted by Gasteiger charge is 2.32. The van der Waals surface area contributed by atoms with Crippen LogP contribution < -0.4 is 4.90 Å². The van der Waals surface area contributed by atoms with E-state index in [4.69, 9.17) is 0 Å². The molecule has 0 spiro atoms. The average molecular weight is 423 g/mol. The van der Waals surface area contributed by atoms with Gasteiger partial charge in [-0.15, -0.1) is 5.10 Å². The molecule has 11 heteroatoms. The first-order valence-corrected chi connectivity index (χ1v) is 10.0. The number of amides is 1. The number of carbonyl (C=O) groups is 1. The number of piperazine rings is 1. The largest absolute Gasteiger partial charge is 0.416 e. The Bertz CT molecular complexity index is 850. The Hall–Kier alpha value is -2.69. The highest BCUT2D eigenvalue weighted by molar-refractivity contribution is 5.76. The number of hydrogen-bond acceptors (Lipinski definition) is 6. The maximum atomic E-state index is 13.0. The summed E-state index contributed by atoms with van der Waals surface area (Å²) in [4.78, 5) is 18.7. The summed E-state index contributed by atoms with van der Waals surface area (Å²) in [6.45, 7) is 4.36. The number of likely N-dealkylation sites (tertiary alicyclic amines) is 1. The van der Waals surface area contributed by atoms with Crippen LogP contribution in [0.5, 0.6) is 0 Å². The van der Waals surface area contributed by atoms with Crippen LogP contribution in [0.4, 0.5) is 18.9 Å². The van der Waals surface area contributed by atoms with E-state index in [0.29, 0.717) is 25.3 Å². The number of hydrogen-bond donors (Lipinski definition) is 0. The van der Waals surface area contributed by atoms with E-state index in [-0.39, 0.29) is 18.5 Å². The predicted octanol–water partition coefficient (Wildman–Crippen LogP) is 1.51. The quantitative estimate of drug-likeness (QED) is 0.743. The van der Waals surface area contributed by atoms with Crippen molar-refractivity contribution in [3.8, 4) is 0 Å². The van der Waals surface area contributed by atoms with E-state index in [1.165, 1.54) is 23.1 Å². The molecule has 2 fully saturated rings. The van der Waals surface area contributed by atoms with Gasteiger partial charge in [0.2, 0.25) is 5.91 Å². The highest BCUT2D eigenvalue weighted by Crippen LogP contribution is 2.32. The Morgan fingerprint density at radius 2 is 1.93 bits per heavy atom. The number of carbonyl (C=O) groups excluding carboxylic acids is 1. The van der Waals surface area contributed by atoms with Crippen molar-refractivity contribution in [3.05, 3.63) is 36.2 Å². The summed E-state index contributed by atoms with van der Waals surface area (Å²) in [6, 6.07) is 5.77. The third-order valence-electron chi connectivity index (χ3n) is 5.81. The van der Waals surface area contributed by atoms with Crippen molar-refractivity contribution in [1.29, 1.82) is 0 Å². The summed E-state index contributed by atoms with van der Waals surface area (Å²) in [5.41, 5.74) is -0.0159. The molecule has 3 heterocycles. The molecular formula is C19H24F3N7O. The third-order valence-corrected chi connectivity index (χ3v) is 5.81. The molecule has 1 aromatic carbocycles. The second kappa shape index (κ2) is 8.58. The molecule has 0 bridgehead atoms. The molecule has 2 aliphatic rings. The molecule has 2 saturated heterocycles. The van der Waals surface area contributed by atoms with Crippen molar-refractivity contribution >= 4 is 11.6 Å². The summed E-state index contributed by atoms with van der Waals surface area (Å²) >= 11 is 0. The Balaban J connectivity index is 1.32. The van der Waals surface area contributed by atoms with Gasteiger partial charge in [-0.3, -0.25) is 9.69 Å². The molecule has 1 amide bonds. The van der Waals surface area contributed by atoms with Gasteiger partial charge in [-0.1, -0.05) is 6.07 Å². The maximum Gasteiger partial charge on any atom is 0.416 e. The first-order chi connectivity index (χ1) is 14.4. The Morgan fingerprint density at radius 3 is 2.63 bits per heavy atom. The molecule has 0 N–H and O–H groups in total. The smallest absolute Gasteiger partial charge is 0.369 e. The lowest BCUT2D eigenvalue weighted by atomic mass is 10.0. The van der Waals surface area contributed by atoms with Crippen LogP contribution >= 0.6 is 0 Å². The molecule has 1 aromatic heterocycles. The predicted molar refractivity (Wildman–Crippen MR) is 103 cm³/mol. The normalized spacial score (nSPS) is 21.1. The number of halogens is 3. The molecule has 2 aliphatic heterocycles. The molecule has 4 rings (SSSR count). The van der Waals surface area contributed by atoms with Crippen LogP contribution in [-0.2, 0) is 17.5 Å². The monoisotopic (exact) mass is 423 g/mol. The molecule has 0 aliphatic carbocycles. The lowest BCUT2D eigenvalue weighted by molar-refractivity contribution is -0.137. The van der Waals surface area contributed by atoms with Gasteiger partial charge < -0.3 is 9.80 Å². The molecule has 1 atom stereocenters. The fourth-order valence-electron chi connectivity index (χ4n) is 4.19. The van der Waals surface area contributed by atoms with Crippen molar-refractivity contribution in [2.24, 2.45) is 0 Å². The second-order valence-electron chi connectivity index (χ2n) is 7.71. The van der Waals surface area contributed by atoms with Crippen molar-refractivity contribution in [2.45, 2.75) is 31.6 Å². The zero-order valence-electron chi connectivity index (χ0n) is 16.5. The van der Waals surface area contributed by atoms with Gasteiger partial charge in [-0.2, -0.15) is 13.2 Å². The summed E-state index contributed by atoms with van der Waals surface area (Å²) in [5, 5.41) is 10.8. The average Bonchev–Trinajstić information content (AvgIpc) is 3.26. The van der Waals surface area contributed by atoms with Gasteiger partial charge in [0.05, 0.1) is 5.56 Å². The molecule has 162 valence electrons. The van der Waals surface area contributed by atoms with E-state index < -0.39 is 11.7 Å². The number of aromatic nitrogens is 4. The fraction of sp³-hybridized carbons (Fsp3) is 0.579. The van der Waals surface area contributed by atoms with Crippen LogP contribution in [-0.4, -0.2) is 81.2 Å². The van der Waals surface area contributed by atoms with E-state index >= 15 is 0 Å². The number of tetrazole rings is 1. The fourth-order valence-corrected chi connectivity index (χ4v) is 4.19.